The van der Waals surface area contributed by atoms with E-state index in [1.54, 1.807) is 49.9 Å². The fourth-order valence-electron chi connectivity index (χ4n) is 14.4. The Kier molecular flexibility index (Phi) is 39.5. The predicted octanol–water partition coefficient (Wildman–Crippen LogP) is 19.7. The van der Waals surface area contributed by atoms with E-state index in [9.17, 15) is 89.8 Å². The van der Waals surface area contributed by atoms with Gasteiger partial charge in [0.05, 0.1) is 64.1 Å². The number of amides is 4. The van der Waals surface area contributed by atoms with E-state index in [2.05, 4.69) is 64.4 Å². The summed E-state index contributed by atoms with van der Waals surface area (Å²) in [5, 5.41) is 4.51. The van der Waals surface area contributed by atoms with E-state index >= 15 is 0 Å². The molecule has 2 aromatic carbocycles. The zero-order valence-corrected chi connectivity index (χ0v) is 81.4. The quantitative estimate of drug-likeness (QED) is 0.0196. The van der Waals surface area contributed by atoms with E-state index in [0.717, 1.165) is 192 Å². The number of alkyl halides is 15. The molecule has 7 aliphatic rings. The van der Waals surface area contributed by atoms with Crippen molar-refractivity contribution in [3.8, 4) is 26.0 Å². The third kappa shape index (κ3) is 35.6. The molecule has 0 spiro atoms. The number of aromatic nitrogens is 7. The number of ether oxygens (including phenoxy) is 7. The van der Waals surface area contributed by atoms with E-state index in [1.807, 2.05) is 51.1 Å². The molecule has 0 fully saturated rings. The van der Waals surface area contributed by atoms with Crippen molar-refractivity contribution in [2.45, 2.75) is 213 Å². The maximum Gasteiger partial charge on any atom is 0.422 e. The van der Waals surface area contributed by atoms with Gasteiger partial charge in [-0.1, -0.05) is 105 Å². The number of carbonyl (C=O) groups is 5. The third-order valence-corrected chi connectivity index (χ3v) is 27.2. The fraction of sp³-hybridized carbons (Fsp3) is 0.570. The molecule has 4 amide bonds. The number of para-hydroxylation sites is 1. The number of ketones is 1. The van der Waals surface area contributed by atoms with Crippen LogP contribution in [0.3, 0.4) is 0 Å². The first kappa shape index (κ1) is 109. The number of H-pyrrole nitrogens is 1. The Morgan fingerprint density at radius 3 is 1.16 bits per heavy atom. The number of unbranched alkanes of at least 4 members (excludes halogenated alkanes) is 4. The van der Waals surface area contributed by atoms with Crippen LogP contribution in [0.4, 0.5) is 75.4 Å². The summed E-state index contributed by atoms with van der Waals surface area (Å²) in [5.74, 6) is -0.355. The molecule has 0 saturated heterocycles. The second kappa shape index (κ2) is 49.0. The summed E-state index contributed by atoms with van der Waals surface area (Å²) >= 11 is 13.3. The average molecular weight is 2090 g/mol. The minimum absolute atomic E-state index is 0. The minimum atomic E-state index is -4.39. The van der Waals surface area contributed by atoms with Crippen molar-refractivity contribution in [1.29, 1.82) is 0 Å². The van der Waals surface area contributed by atoms with Crippen LogP contribution in [0.25, 0.3) is 10.9 Å². The second-order valence-electron chi connectivity index (χ2n) is 33.9. The molecule has 27 nitrogen and oxygen atoms in total. The molecule has 0 saturated carbocycles. The molecule has 0 bridgehead atoms. The Labute approximate surface area is 809 Å². The fourth-order valence-corrected chi connectivity index (χ4v) is 20.1. The lowest BCUT2D eigenvalue weighted by molar-refractivity contribution is -0.154. The Balaban J connectivity index is 0.000000172. The number of rotatable bonds is 26. The molecule has 9 aromatic rings. The van der Waals surface area contributed by atoms with Gasteiger partial charge < -0.3 is 59.0 Å². The minimum Gasteiger partial charge on any atom is -0.460 e. The molecule has 7 aliphatic heterocycles. The van der Waals surface area contributed by atoms with E-state index < -0.39 is 81.2 Å². The largest absolute Gasteiger partial charge is 0.460 e. The van der Waals surface area contributed by atoms with Crippen LogP contribution in [-0.2, 0) is 87.3 Å². The molecule has 4 N–H and O–H groups in total. The van der Waals surface area contributed by atoms with E-state index in [1.165, 1.54) is 71.4 Å². The van der Waals surface area contributed by atoms with Gasteiger partial charge in [0.25, 0.3) is 37.8 Å². The number of benzene rings is 2. The SMILES string of the molecule is CC(C)(C)OC(=O)N1CCc2sc(Cl)nc2C1.CC(C)(C)OC(=O)N1CCc2sc(OCC(F)(F)F)nc2C1.Cl.FC(F)(F)COc1nc2c(s1)CCNC2.NCCCCN1CCc2sc(OCC(F)(F)F)nc2C1.O=C(CCCCCN1CCc2sc(OCC(F)(F)F)nc2C1)c1cc2ccccc2[nH]1.O=C1c2ccccc2C(=O)N1CCCCN1CCc2sc(OCC(F)(F)F)nc2C1. The molecule has 0 aliphatic carbocycles. The highest BCUT2D eigenvalue weighted by atomic mass is 35.5. The van der Waals surface area contributed by atoms with Crippen LogP contribution in [-0.4, -0.2) is 241 Å². The number of carbonyl (C=O) groups excluding carboxylic acids is 5. The van der Waals surface area contributed by atoms with Crippen molar-refractivity contribution in [2.24, 2.45) is 5.73 Å². The van der Waals surface area contributed by atoms with Crippen LogP contribution in [0, 0.1) is 0 Å². The summed E-state index contributed by atoms with van der Waals surface area (Å²) in [7, 11) is 0. The van der Waals surface area contributed by atoms with Gasteiger partial charge in [0.2, 0.25) is 0 Å². The molecular formula is C86H104Cl2F15N15O12S6. The standard InChI is InChI=1S/C22H24F3N3O2S.C20H20F3N3O3S.C13H17F3N2O3S.C12H18F3N3OS.C11H15ClN2O2S.C8H9F3N2OS.ClH/c23-22(24,25)14-30-21-27-18-13-28(11-9-20(18)31-21)10-5-1-2-8-19(29)17-12-15-6-3-4-7-16(15)26-17;21-20(22,23)12-29-19-24-15-11-25(10-7-16(15)30-19)8-3-4-9-26-17(27)13-5-1-2-6-14(13)18(26)28;1-12(2,3)21-11(19)18-5-4-9-8(6-18)17-10(22-9)20-7-13(14,15)16;13-12(14,15)8-19-11-17-9-7-18(5-2-1-4-16)6-3-10(9)20-11;1-11(2,3)16-10(15)14-5-4-8-7(6-14)13-9(12)17-8;9-8(10,11)4-14-7-13-5-3-12-2-1-6(5)15-7;/h3-4,6-7,12,26H,1-2,5,8-11,13-14H2;1-2,5-6H,3-4,7-12H2;4-7H2,1-3H3;1-8,16H2;4-6H2,1-3H3;12H,1-4H2;1H. The molecule has 0 atom stereocenters. The monoisotopic (exact) mass is 2090 g/mol. The first-order valence-corrected chi connectivity index (χ1v) is 48.5. The van der Waals surface area contributed by atoms with Crippen molar-refractivity contribution in [1.82, 2.24) is 69.6 Å². The van der Waals surface area contributed by atoms with Crippen LogP contribution < -0.4 is 34.7 Å². The number of nitrogens with one attached hydrogen (secondary N) is 2. The number of fused-ring (bicyclic) bond motifs is 8. The van der Waals surface area contributed by atoms with Gasteiger partial charge in [-0.3, -0.25) is 34.0 Å². The molecule has 7 aromatic heterocycles. The van der Waals surface area contributed by atoms with Gasteiger partial charge >= 0.3 is 43.1 Å². The van der Waals surface area contributed by atoms with Crippen LogP contribution in [0.2, 0.25) is 4.47 Å². The van der Waals surface area contributed by atoms with Gasteiger partial charge in [-0.25, -0.2) is 39.5 Å². The normalized spacial score (nSPS) is 15.7. The molecule has 16 rings (SSSR count). The number of hydrogen-bond acceptors (Lipinski definition) is 29. The third-order valence-electron chi connectivity index (χ3n) is 20.6. The lowest BCUT2D eigenvalue weighted by Gasteiger charge is -2.29. The number of nitrogens with zero attached hydrogens (tertiary/aromatic N) is 12. The highest BCUT2D eigenvalue weighted by molar-refractivity contribution is 7.16. The number of thiazole rings is 6. The lowest BCUT2D eigenvalue weighted by atomic mass is 10.1. The van der Waals surface area contributed by atoms with Crippen molar-refractivity contribution >= 4 is 133 Å². The lowest BCUT2D eigenvalue weighted by Crippen LogP contribution is -2.39. The molecule has 136 heavy (non-hydrogen) atoms. The predicted molar refractivity (Wildman–Crippen MR) is 486 cm³/mol. The van der Waals surface area contributed by atoms with Crippen LogP contribution >= 0.6 is 92.0 Å². The zero-order chi connectivity index (χ0) is 97.8. The first-order chi connectivity index (χ1) is 63.6. The summed E-state index contributed by atoms with van der Waals surface area (Å²) in [6.07, 6.45) is -11.2. The number of aromatic amines is 1. The molecule has 0 unspecified atom stereocenters. The smallest absolute Gasteiger partial charge is 0.422 e. The summed E-state index contributed by atoms with van der Waals surface area (Å²) in [6, 6.07) is 16.6. The number of halogens is 17. The number of Topliss-reactive ketones (excluding diaryl/α,β-unsaturated/α-hetero) is 1. The van der Waals surface area contributed by atoms with Gasteiger partial charge in [0.1, 0.15) is 11.2 Å². The van der Waals surface area contributed by atoms with Gasteiger partial charge in [0.15, 0.2) is 43.3 Å². The van der Waals surface area contributed by atoms with E-state index in [-0.39, 0.29) is 68.6 Å². The van der Waals surface area contributed by atoms with Crippen molar-refractivity contribution in [2.75, 3.05) is 105 Å². The summed E-state index contributed by atoms with van der Waals surface area (Å²) < 4.78 is 217. The average Bonchev–Trinajstić information content (AvgIpc) is 1.63. The molecule has 0 radical (unpaired) electrons. The zero-order valence-electron chi connectivity index (χ0n) is 74.9. The Morgan fingerprint density at radius 1 is 0.426 bits per heavy atom. The summed E-state index contributed by atoms with van der Waals surface area (Å²) in [4.78, 5) is 106. The van der Waals surface area contributed by atoms with E-state index in [4.69, 9.17) is 41.0 Å². The topological polar surface area (TPSA) is 301 Å². The Bertz CT molecular complexity index is 5330. The van der Waals surface area contributed by atoms with Crippen molar-refractivity contribution < 1.29 is 123 Å². The van der Waals surface area contributed by atoms with Crippen molar-refractivity contribution in [3.05, 3.63) is 139 Å². The summed E-state index contributed by atoms with van der Waals surface area (Å²) in [6.45, 7) is 15.7. The van der Waals surface area contributed by atoms with Crippen LogP contribution in [0.5, 0.6) is 26.0 Å². The first-order valence-electron chi connectivity index (χ1n) is 43.2. The summed E-state index contributed by atoms with van der Waals surface area (Å²) in [5.41, 5.74) is 11.7. The highest BCUT2D eigenvalue weighted by Gasteiger charge is 2.39. The maximum absolute atomic E-state index is 12.4. The maximum atomic E-state index is 12.4. The molecule has 14 heterocycles. The van der Waals surface area contributed by atoms with Crippen molar-refractivity contribution in [3.63, 3.8) is 0 Å². The second-order valence-corrected chi connectivity index (χ2v) is 40.8. The Hall–Kier alpha value is -8.56. The van der Waals surface area contributed by atoms with E-state index in [0.29, 0.717) is 105 Å². The molecule has 50 heteroatoms. The van der Waals surface area contributed by atoms with Gasteiger partial charge in [-0.2, -0.15) is 65.9 Å². The van der Waals surface area contributed by atoms with Gasteiger partial charge in [-0.15, -0.1) is 23.7 Å². The van der Waals surface area contributed by atoms with Gasteiger partial charge in [0, 0.05) is 131 Å². The Morgan fingerprint density at radius 2 is 0.772 bits per heavy atom. The van der Waals surface area contributed by atoms with Gasteiger partial charge in [-0.05, 0) is 156 Å². The number of hydrogen-bond donors (Lipinski definition) is 3. The highest BCUT2D eigenvalue weighted by Crippen LogP contribution is 2.38. The van der Waals surface area contributed by atoms with Crippen LogP contribution in [0.15, 0.2) is 54.6 Å². The number of nitrogens with two attached hydrogens (primary N) is 1. The van der Waals surface area contributed by atoms with Crippen LogP contribution in [0.1, 0.15) is 188 Å². The molecule has 750 valence electrons. The molecular weight excluding hydrogens is 1980 g/mol. The number of imide groups is 1.